The number of hydrogen-bond acceptors (Lipinski definition) is 3. The highest BCUT2D eigenvalue weighted by molar-refractivity contribution is 5.90. The summed E-state index contributed by atoms with van der Waals surface area (Å²) in [6.07, 6.45) is 1.96. The lowest BCUT2D eigenvalue weighted by Gasteiger charge is -2.11. The molecular formula is C16H26N2O3. The van der Waals surface area contributed by atoms with Crippen LogP contribution in [0, 0.1) is 13.8 Å². The first-order chi connectivity index (χ1) is 9.90. The lowest BCUT2D eigenvalue weighted by Crippen LogP contribution is -2.32. The van der Waals surface area contributed by atoms with Gasteiger partial charge in [0.25, 0.3) is 0 Å². The SMILES string of the molecule is CCOC(=O)c1[nH]c(C)c(CCC(=O)N[C@H](C)CC)c1C. The number of aromatic amines is 1. The van der Waals surface area contributed by atoms with Crippen molar-refractivity contribution >= 4 is 11.9 Å². The van der Waals surface area contributed by atoms with Crippen molar-refractivity contribution < 1.29 is 14.3 Å². The van der Waals surface area contributed by atoms with Crippen LogP contribution in [0.2, 0.25) is 0 Å². The minimum Gasteiger partial charge on any atom is -0.461 e. The normalized spacial score (nSPS) is 12.0. The third-order valence-corrected chi connectivity index (χ3v) is 3.69. The van der Waals surface area contributed by atoms with Gasteiger partial charge in [0.2, 0.25) is 5.91 Å². The molecule has 0 bridgehead atoms. The van der Waals surface area contributed by atoms with Gasteiger partial charge in [0.1, 0.15) is 5.69 Å². The van der Waals surface area contributed by atoms with Gasteiger partial charge in [0, 0.05) is 18.2 Å². The Balaban J connectivity index is 2.72. The molecule has 0 unspecified atom stereocenters. The maximum Gasteiger partial charge on any atom is 0.355 e. The Morgan fingerprint density at radius 3 is 2.52 bits per heavy atom. The number of esters is 1. The van der Waals surface area contributed by atoms with Gasteiger partial charge in [-0.25, -0.2) is 4.79 Å². The molecule has 2 N–H and O–H groups in total. The Morgan fingerprint density at radius 1 is 1.29 bits per heavy atom. The molecule has 1 aromatic heterocycles. The minimum absolute atomic E-state index is 0.0436. The number of rotatable bonds is 7. The van der Waals surface area contributed by atoms with E-state index in [0.717, 1.165) is 23.2 Å². The molecule has 1 amide bonds. The highest BCUT2D eigenvalue weighted by Crippen LogP contribution is 2.20. The van der Waals surface area contributed by atoms with Gasteiger partial charge in [-0.3, -0.25) is 4.79 Å². The third-order valence-electron chi connectivity index (χ3n) is 3.69. The Kier molecular flexibility index (Phi) is 6.46. The van der Waals surface area contributed by atoms with Crippen molar-refractivity contribution in [2.75, 3.05) is 6.61 Å². The first-order valence-electron chi connectivity index (χ1n) is 7.55. The number of amides is 1. The number of carbonyl (C=O) groups is 2. The number of aryl methyl sites for hydroxylation is 1. The van der Waals surface area contributed by atoms with Crippen molar-refractivity contribution in [3.05, 3.63) is 22.5 Å². The van der Waals surface area contributed by atoms with E-state index in [9.17, 15) is 9.59 Å². The van der Waals surface area contributed by atoms with Crippen molar-refractivity contribution in [1.82, 2.24) is 10.3 Å². The van der Waals surface area contributed by atoms with Crippen molar-refractivity contribution in [2.24, 2.45) is 0 Å². The van der Waals surface area contributed by atoms with Crippen molar-refractivity contribution in [2.45, 2.75) is 59.9 Å². The Bertz CT molecular complexity index is 506. The summed E-state index contributed by atoms with van der Waals surface area (Å²) >= 11 is 0. The summed E-state index contributed by atoms with van der Waals surface area (Å²) in [6, 6.07) is 0.195. The summed E-state index contributed by atoms with van der Waals surface area (Å²) in [5, 5.41) is 2.95. The molecule has 5 heteroatoms. The predicted molar refractivity (Wildman–Crippen MR) is 82.4 cm³/mol. The summed E-state index contributed by atoms with van der Waals surface area (Å²) in [4.78, 5) is 26.7. The summed E-state index contributed by atoms with van der Waals surface area (Å²) in [5.41, 5.74) is 3.32. The zero-order valence-corrected chi connectivity index (χ0v) is 13.6. The lowest BCUT2D eigenvalue weighted by atomic mass is 10.0. The van der Waals surface area contributed by atoms with E-state index in [-0.39, 0.29) is 17.9 Å². The number of ether oxygens (including phenoxy) is 1. The molecule has 5 nitrogen and oxygen atoms in total. The van der Waals surface area contributed by atoms with Gasteiger partial charge >= 0.3 is 5.97 Å². The molecule has 1 heterocycles. The maximum atomic E-state index is 11.8. The zero-order valence-electron chi connectivity index (χ0n) is 13.6. The molecule has 1 atom stereocenters. The molecule has 1 rings (SSSR count). The van der Waals surface area contributed by atoms with Gasteiger partial charge in [-0.2, -0.15) is 0 Å². The molecule has 21 heavy (non-hydrogen) atoms. The number of aromatic nitrogens is 1. The number of H-pyrrole nitrogens is 1. The Labute approximate surface area is 126 Å². The fraction of sp³-hybridized carbons (Fsp3) is 0.625. The first kappa shape index (κ1) is 17.3. The van der Waals surface area contributed by atoms with E-state index in [1.807, 2.05) is 27.7 Å². The van der Waals surface area contributed by atoms with Crippen molar-refractivity contribution in [1.29, 1.82) is 0 Å². The molecule has 118 valence electrons. The van der Waals surface area contributed by atoms with Crippen LogP contribution in [-0.4, -0.2) is 29.5 Å². The van der Waals surface area contributed by atoms with E-state index >= 15 is 0 Å². The van der Waals surface area contributed by atoms with E-state index in [0.29, 0.717) is 25.1 Å². The Hall–Kier alpha value is -1.78. The standard InChI is InChI=1S/C16H26N2O3/c1-6-10(3)17-14(19)9-8-13-11(4)15(18-12(13)5)16(20)21-7-2/h10,18H,6-9H2,1-5H3,(H,17,19)/t10-/m1/s1. The largest absolute Gasteiger partial charge is 0.461 e. The average Bonchev–Trinajstić information content (AvgIpc) is 2.72. The summed E-state index contributed by atoms with van der Waals surface area (Å²) in [7, 11) is 0. The molecule has 0 aliphatic rings. The molecule has 0 aliphatic carbocycles. The lowest BCUT2D eigenvalue weighted by molar-refractivity contribution is -0.121. The minimum atomic E-state index is -0.339. The maximum absolute atomic E-state index is 11.8. The van der Waals surface area contributed by atoms with Crippen LogP contribution in [0.1, 0.15) is 60.9 Å². The molecule has 0 spiro atoms. The molecule has 0 saturated heterocycles. The van der Waals surface area contributed by atoms with Crippen molar-refractivity contribution in [3.8, 4) is 0 Å². The molecule has 0 radical (unpaired) electrons. The quantitative estimate of drug-likeness (QED) is 0.759. The smallest absolute Gasteiger partial charge is 0.355 e. The number of nitrogens with one attached hydrogen (secondary N) is 2. The van der Waals surface area contributed by atoms with E-state index in [1.165, 1.54) is 0 Å². The van der Waals surface area contributed by atoms with Gasteiger partial charge in [-0.1, -0.05) is 6.92 Å². The van der Waals surface area contributed by atoms with E-state index in [4.69, 9.17) is 4.74 Å². The van der Waals surface area contributed by atoms with Crippen molar-refractivity contribution in [3.63, 3.8) is 0 Å². The second-order valence-corrected chi connectivity index (χ2v) is 5.33. The van der Waals surface area contributed by atoms with Gasteiger partial charge in [-0.15, -0.1) is 0 Å². The van der Waals surface area contributed by atoms with E-state index in [2.05, 4.69) is 10.3 Å². The topological polar surface area (TPSA) is 71.2 Å². The molecule has 0 aliphatic heterocycles. The van der Waals surface area contributed by atoms with Crippen LogP contribution in [0.25, 0.3) is 0 Å². The van der Waals surface area contributed by atoms with Gasteiger partial charge < -0.3 is 15.0 Å². The second kappa shape index (κ2) is 7.86. The molecule has 1 aromatic rings. The van der Waals surface area contributed by atoms with Crippen LogP contribution in [0.15, 0.2) is 0 Å². The van der Waals surface area contributed by atoms with Crippen LogP contribution in [0.3, 0.4) is 0 Å². The van der Waals surface area contributed by atoms with Gasteiger partial charge in [-0.05, 0) is 51.7 Å². The molecular weight excluding hydrogens is 268 g/mol. The van der Waals surface area contributed by atoms with E-state index < -0.39 is 0 Å². The van der Waals surface area contributed by atoms with Crippen LogP contribution < -0.4 is 5.32 Å². The summed E-state index contributed by atoms with van der Waals surface area (Å²) in [5.74, 6) is -0.296. The van der Waals surface area contributed by atoms with Crippen LogP contribution >= 0.6 is 0 Å². The molecule has 0 saturated carbocycles. The average molecular weight is 294 g/mol. The van der Waals surface area contributed by atoms with E-state index in [1.54, 1.807) is 6.92 Å². The highest BCUT2D eigenvalue weighted by atomic mass is 16.5. The first-order valence-corrected chi connectivity index (χ1v) is 7.55. The monoisotopic (exact) mass is 294 g/mol. The van der Waals surface area contributed by atoms with Crippen LogP contribution in [0.4, 0.5) is 0 Å². The third kappa shape index (κ3) is 4.62. The zero-order chi connectivity index (χ0) is 16.0. The summed E-state index contributed by atoms with van der Waals surface area (Å²) in [6.45, 7) is 9.96. The van der Waals surface area contributed by atoms with Crippen LogP contribution in [0.5, 0.6) is 0 Å². The van der Waals surface area contributed by atoms with Gasteiger partial charge in [0.15, 0.2) is 0 Å². The van der Waals surface area contributed by atoms with Gasteiger partial charge in [0.05, 0.1) is 6.61 Å². The predicted octanol–water partition coefficient (Wildman–Crippen LogP) is 2.66. The van der Waals surface area contributed by atoms with Crippen LogP contribution in [-0.2, 0) is 16.0 Å². The highest BCUT2D eigenvalue weighted by Gasteiger charge is 2.18. The molecule has 0 aromatic carbocycles. The molecule has 0 fully saturated rings. The second-order valence-electron chi connectivity index (χ2n) is 5.33. The fourth-order valence-corrected chi connectivity index (χ4v) is 2.26. The fourth-order valence-electron chi connectivity index (χ4n) is 2.26. The Morgan fingerprint density at radius 2 is 1.95 bits per heavy atom. The number of hydrogen-bond donors (Lipinski definition) is 2. The summed E-state index contributed by atoms with van der Waals surface area (Å²) < 4.78 is 5.02. The number of carbonyl (C=O) groups excluding carboxylic acids is 2.